The minimum absolute atomic E-state index is 0.0903. The second-order valence-corrected chi connectivity index (χ2v) is 2.79. The van der Waals surface area contributed by atoms with Crippen molar-refractivity contribution < 1.29 is 8.78 Å². The van der Waals surface area contributed by atoms with Crippen LogP contribution in [0.15, 0.2) is 16.6 Å². The lowest BCUT2D eigenvalue weighted by molar-refractivity contribution is 0.566. The number of aryl methyl sites for hydroxylation is 1. The molecule has 0 aliphatic heterocycles. The fourth-order valence-electron chi connectivity index (χ4n) is 0.622. The van der Waals surface area contributed by atoms with Gasteiger partial charge in [0, 0.05) is 0 Å². The van der Waals surface area contributed by atoms with E-state index in [4.69, 9.17) is 0 Å². The van der Waals surface area contributed by atoms with Gasteiger partial charge in [-0.05, 0) is 34.5 Å². The Morgan fingerprint density at radius 2 is 1.67 bits per heavy atom. The Balaban J connectivity index is 0.000000561. The van der Waals surface area contributed by atoms with Crippen LogP contribution in [0.25, 0.3) is 0 Å². The van der Waals surface area contributed by atoms with Gasteiger partial charge in [0.25, 0.3) is 0 Å². The summed E-state index contributed by atoms with van der Waals surface area (Å²) < 4.78 is 25.1. The lowest BCUT2D eigenvalue weighted by Gasteiger charge is -1.98. The highest BCUT2D eigenvalue weighted by Crippen LogP contribution is 2.21. The Labute approximate surface area is 79.7 Å². The summed E-state index contributed by atoms with van der Waals surface area (Å²) in [6, 6.07) is 2.62. The van der Waals surface area contributed by atoms with Crippen LogP contribution >= 0.6 is 15.9 Å². The first-order valence-electron chi connectivity index (χ1n) is 3.73. The van der Waals surface area contributed by atoms with E-state index in [1.165, 1.54) is 12.1 Å². The molecular weight excluding hydrogens is 226 g/mol. The molecule has 1 aromatic carbocycles. The lowest BCUT2D eigenvalue weighted by Crippen LogP contribution is -1.86. The topological polar surface area (TPSA) is 0 Å². The zero-order valence-corrected chi connectivity index (χ0v) is 8.87. The van der Waals surface area contributed by atoms with Gasteiger partial charge in [0.05, 0.1) is 4.47 Å². The van der Waals surface area contributed by atoms with Crippen molar-refractivity contribution >= 4 is 15.9 Å². The number of hydrogen-bond acceptors (Lipinski definition) is 0. The number of halogens is 3. The molecule has 0 bridgehead atoms. The standard InChI is InChI=1S/C7H5BrF2.C2H6/c1-4-2-3-5(9)6(8)7(4)10;1-2/h2-3H,1H3;1-2H3. The van der Waals surface area contributed by atoms with Crippen molar-refractivity contribution in [3.63, 3.8) is 0 Å². The van der Waals surface area contributed by atoms with Crippen molar-refractivity contribution in [3.05, 3.63) is 33.8 Å². The summed E-state index contributed by atoms with van der Waals surface area (Å²) in [6.07, 6.45) is 0. The first-order valence-corrected chi connectivity index (χ1v) is 4.52. The van der Waals surface area contributed by atoms with Crippen molar-refractivity contribution in [3.8, 4) is 0 Å². The van der Waals surface area contributed by atoms with Gasteiger partial charge in [0.15, 0.2) is 0 Å². The lowest BCUT2D eigenvalue weighted by atomic mass is 10.2. The summed E-state index contributed by atoms with van der Waals surface area (Å²) in [4.78, 5) is 0. The quantitative estimate of drug-likeness (QED) is 0.597. The Morgan fingerprint density at radius 3 is 2.08 bits per heavy atom. The molecule has 0 radical (unpaired) electrons. The average Bonchev–Trinajstić information content (AvgIpc) is 2.12. The molecule has 0 aliphatic carbocycles. The van der Waals surface area contributed by atoms with E-state index in [-0.39, 0.29) is 4.47 Å². The minimum atomic E-state index is -0.567. The fraction of sp³-hybridized carbons (Fsp3) is 0.333. The summed E-state index contributed by atoms with van der Waals surface area (Å²) in [7, 11) is 0. The van der Waals surface area contributed by atoms with Crippen LogP contribution in [0, 0.1) is 18.6 Å². The van der Waals surface area contributed by atoms with Gasteiger partial charge in [-0.1, -0.05) is 19.9 Å². The molecule has 0 aromatic heterocycles. The normalized spacial score (nSPS) is 8.83. The second kappa shape index (κ2) is 5.25. The molecule has 0 aliphatic rings. The average molecular weight is 237 g/mol. The molecular formula is C9H11BrF2. The van der Waals surface area contributed by atoms with Crippen LogP contribution in [0.2, 0.25) is 0 Å². The predicted octanol–water partition coefficient (Wildman–Crippen LogP) is 4.06. The Kier molecular flexibility index (Phi) is 5.06. The Morgan fingerprint density at radius 1 is 1.17 bits per heavy atom. The van der Waals surface area contributed by atoms with E-state index < -0.39 is 11.6 Å². The summed E-state index contributed by atoms with van der Waals surface area (Å²) in [5.74, 6) is -1.09. The molecule has 0 unspecified atom stereocenters. The third-order valence-electron chi connectivity index (χ3n) is 1.23. The van der Waals surface area contributed by atoms with Crippen LogP contribution < -0.4 is 0 Å². The van der Waals surface area contributed by atoms with Gasteiger partial charge in [0.1, 0.15) is 11.6 Å². The van der Waals surface area contributed by atoms with E-state index in [1.54, 1.807) is 6.92 Å². The van der Waals surface area contributed by atoms with E-state index in [9.17, 15) is 8.78 Å². The number of hydrogen-bond donors (Lipinski definition) is 0. The molecule has 68 valence electrons. The highest BCUT2D eigenvalue weighted by molar-refractivity contribution is 9.10. The predicted molar refractivity (Wildman–Crippen MR) is 50.1 cm³/mol. The van der Waals surface area contributed by atoms with Gasteiger partial charge in [-0.3, -0.25) is 0 Å². The summed E-state index contributed by atoms with van der Waals surface area (Å²) in [5, 5.41) is 0. The Hall–Kier alpha value is -0.440. The van der Waals surface area contributed by atoms with Gasteiger partial charge >= 0.3 is 0 Å². The first-order chi connectivity index (χ1) is 5.63. The van der Waals surface area contributed by atoms with Crippen LogP contribution in [-0.2, 0) is 0 Å². The van der Waals surface area contributed by atoms with Crippen LogP contribution in [0.5, 0.6) is 0 Å². The van der Waals surface area contributed by atoms with E-state index >= 15 is 0 Å². The molecule has 0 nitrogen and oxygen atoms in total. The highest BCUT2D eigenvalue weighted by Gasteiger charge is 2.06. The van der Waals surface area contributed by atoms with Crippen LogP contribution in [0.3, 0.4) is 0 Å². The minimum Gasteiger partial charge on any atom is -0.206 e. The zero-order chi connectivity index (χ0) is 9.72. The largest absolute Gasteiger partial charge is 0.206 e. The van der Waals surface area contributed by atoms with Crippen molar-refractivity contribution in [2.75, 3.05) is 0 Å². The highest BCUT2D eigenvalue weighted by atomic mass is 79.9. The van der Waals surface area contributed by atoms with Gasteiger partial charge in [-0.15, -0.1) is 0 Å². The fourth-order valence-corrected chi connectivity index (χ4v) is 1.07. The maximum Gasteiger partial charge on any atom is 0.143 e. The number of benzene rings is 1. The molecule has 0 fully saturated rings. The molecule has 1 rings (SSSR count). The molecule has 0 atom stereocenters. The molecule has 0 amide bonds. The maximum absolute atomic E-state index is 12.7. The molecule has 0 saturated carbocycles. The van der Waals surface area contributed by atoms with Gasteiger partial charge < -0.3 is 0 Å². The van der Waals surface area contributed by atoms with Crippen LogP contribution in [0.4, 0.5) is 8.78 Å². The third-order valence-corrected chi connectivity index (χ3v) is 1.96. The molecule has 0 heterocycles. The molecule has 12 heavy (non-hydrogen) atoms. The van der Waals surface area contributed by atoms with E-state index in [0.29, 0.717) is 5.56 Å². The van der Waals surface area contributed by atoms with Crippen molar-refractivity contribution in [2.24, 2.45) is 0 Å². The molecule has 3 heteroatoms. The molecule has 0 N–H and O–H groups in total. The zero-order valence-electron chi connectivity index (χ0n) is 7.29. The van der Waals surface area contributed by atoms with E-state index in [0.717, 1.165) is 0 Å². The SMILES string of the molecule is CC.Cc1ccc(F)c(Br)c1F. The number of rotatable bonds is 0. The second-order valence-electron chi connectivity index (χ2n) is 1.99. The molecule has 1 aromatic rings. The van der Waals surface area contributed by atoms with Gasteiger partial charge in [-0.25, -0.2) is 8.78 Å². The van der Waals surface area contributed by atoms with E-state index in [1.807, 2.05) is 13.8 Å². The van der Waals surface area contributed by atoms with Crippen LogP contribution in [-0.4, -0.2) is 0 Å². The summed E-state index contributed by atoms with van der Waals surface area (Å²) in [6.45, 7) is 5.58. The molecule has 0 spiro atoms. The Bertz CT molecular complexity index is 232. The first kappa shape index (κ1) is 11.6. The van der Waals surface area contributed by atoms with E-state index in [2.05, 4.69) is 15.9 Å². The summed E-state index contributed by atoms with van der Waals surface area (Å²) in [5.41, 5.74) is 0.438. The monoisotopic (exact) mass is 236 g/mol. The van der Waals surface area contributed by atoms with Crippen LogP contribution in [0.1, 0.15) is 19.4 Å². The van der Waals surface area contributed by atoms with Crippen molar-refractivity contribution in [1.29, 1.82) is 0 Å². The smallest absolute Gasteiger partial charge is 0.143 e. The van der Waals surface area contributed by atoms with Crippen molar-refractivity contribution in [1.82, 2.24) is 0 Å². The third kappa shape index (κ3) is 2.55. The van der Waals surface area contributed by atoms with Gasteiger partial charge in [0.2, 0.25) is 0 Å². The summed E-state index contributed by atoms with van der Waals surface area (Å²) >= 11 is 2.78. The molecule has 0 saturated heterocycles. The maximum atomic E-state index is 12.7. The van der Waals surface area contributed by atoms with Crippen molar-refractivity contribution in [2.45, 2.75) is 20.8 Å². The van der Waals surface area contributed by atoms with Gasteiger partial charge in [-0.2, -0.15) is 0 Å².